The zero-order chi connectivity index (χ0) is 34.0. The van der Waals surface area contributed by atoms with Crippen LogP contribution in [0.2, 0.25) is 0 Å². The molecule has 0 aliphatic carbocycles. The number of anilines is 2. The lowest BCUT2D eigenvalue weighted by molar-refractivity contribution is 0.0663. The number of hydrogen-bond acceptors (Lipinski definition) is 7. The minimum absolute atomic E-state index is 0.0106. The van der Waals surface area contributed by atoms with Gasteiger partial charge in [0.2, 0.25) is 11.7 Å². The Morgan fingerprint density at radius 2 is 1.50 bits per heavy atom. The third-order valence-electron chi connectivity index (χ3n) is 8.61. The van der Waals surface area contributed by atoms with Crippen molar-refractivity contribution in [1.82, 2.24) is 4.90 Å². The first kappa shape index (κ1) is 32.3. The molecule has 246 valence electrons. The number of primary amides is 1. The summed E-state index contributed by atoms with van der Waals surface area (Å²) in [7, 11) is -4.15. The third kappa shape index (κ3) is 6.34. The first-order valence-electron chi connectivity index (χ1n) is 15.4. The molecule has 5 aromatic rings. The van der Waals surface area contributed by atoms with Crippen molar-refractivity contribution in [3.63, 3.8) is 0 Å². The molecule has 1 aliphatic heterocycles. The SMILES string of the molecule is Cc1c(C(=O)O)oc2ccc(S(=O)(=O)N(CCc3ccccc3)c3ccccc3N3CCN(C(=O)c4ccc(C(N)=O)cc4)CC3)cc12. The van der Waals surface area contributed by atoms with E-state index in [2.05, 4.69) is 4.90 Å². The fourth-order valence-corrected chi connectivity index (χ4v) is 7.50. The highest BCUT2D eigenvalue weighted by atomic mass is 32.2. The second kappa shape index (κ2) is 13.2. The lowest BCUT2D eigenvalue weighted by Gasteiger charge is -2.38. The number of amides is 2. The molecule has 0 bridgehead atoms. The fourth-order valence-electron chi connectivity index (χ4n) is 5.99. The number of aromatic carboxylic acids is 1. The van der Waals surface area contributed by atoms with Crippen LogP contribution in [-0.2, 0) is 16.4 Å². The number of fused-ring (bicyclic) bond motifs is 1. The van der Waals surface area contributed by atoms with E-state index < -0.39 is 21.9 Å². The van der Waals surface area contributed by atoms with Crippen LogP contribution in [0.5, 0.6) is 0 Å². The van der Waals surface area contributed by atoms with E-state index in [1.807, 2.05) is 42.5 Å². The highest BCUT2D eigenvalue weighted by Gasteiger charge is 2.31. The number of carboxylic acid groups (broad SMARTS) is 1. The van der Waals surface area contributed by atoms with Gasteiger partial charge in [-0.15, -0.1) is 0 Å². The van der Waals surface area contributed by atoms with Crippen molar-refractivity contribution in [3.05, 3.63) is 125 Å². The summed E-state index contributed by atoms with van der Waals surface area (Å²) >= 11 is 0. The molecule has 0 atom stereocenters. The van der Waals surface area contributed by atoms with Gasteiger partial charge >= 0.3 is 5.97 Å². The standard InChI is InChI=1S/C36H34N4O7S/c1-24-29-23-28(15-16-32(29)47-33(24)36(43)44)48(45,46)40(18-17-25-7-3-2-4-8-25)31-10-6-5-9-30(31)38-19-21-39(22-20-38)35(42)27-13-11-26(12-14-27)34(37)41/h2-16,23H,17-22H2,1H3,(H2,37,41)(H,43,44). The van der Waals surface area contributed by atoms with Gasteiger partial charge in [-0.3, -0.25) is 13.9 Å². The summed E-state index contributed by atoms with van der Waals surface area (Å²) in [6.07, 6.45) is 0.446. The fraction of sp³-hybridized carbons (Fsp3) is 0.194. The molecule has 3 N–H and O–H groups in total. The normalized spacial score (nSPS) is 13.4. The maximum atomic E-state index is 14.5. The Hall–Kier alpha value is -5.62. The minimum atomic E-state index is -4.15. The van der Waals surface area contributed by atoms with Crippen molar-refractivity contribution in [3.8, 4) is 0 Å². The number of furan rings is 1. The number of carbonyl (C=O) groups is 3. The summed E-state index contributed by atoms with van der Waals surface area (Å²) in [5, 5.41) is 9.95. The molecule has 4 aromatic carbocycles. The van der Waals surface area contributed by atoms with Crippen molar-refractivity contribution in [1.29, 1.82) is 0 Å². The predicted octanol–water partition coefficient (Wildman–Crippen LogP) is 4.94. The van der Waals surface area contributed by atoms with E-state index in [1.165, 1.54) is 34.6 Å². The van der Waals surface area contributed by atoms with E-state index in [0.717, 1.165) is 5.56 Å². The molecular weight excluding hydrogens is 632 g/mol. The van der Waals surface area contributed by atoms with Gasteiger partial charge in [-0.1, -0.05) is 42.5 Å². The van der Waals surface area contributed by atoms with Crippen LogP contribution < -0.4 is 14.9 Å². The third-order valence-corrected chi connectivity index (χ3v) is 10.4. The van der Waals surface area contributed by atoms with Gasteiger partial charge in [0.05, 0.1) is 16.3 Å². The summed E-state index contributed by atoms with van der Waals surface area (Å²) in [5.74, 6) is -2.19. The molecule has 1 saturated heterocycles. The molecule has 0 saturated carbocycles. The molecule has 48 heavy (non-hydrogen) atoms. The average molecular weight is 667 g/mol. The maximum absolute atomic E-state index is 14.5. The molecular formula is C36H34N4O7S. The number of rotatable bonds is 10. The summed E-state index contributed by atoms with van der Waals surface area (Å²) in [4.78, 5) is 40.2. The van der Waals surface area contributed by atoms with Gasteiger partial charge in [-0.05, 0) is 73.5 Å². The van der Waals surface area contributed by atoms with E-state index >= 15 is 0 Å². The van der Waals surface area contributed by atoms with Gasteiger partial charge in [0.1, 0.15) is 5.58 Å². The lowest BCUT2D eigenvalue weighted by atomic mass is 10.1. The quantitative estimate of drug-likeness (QED) is 0.213. The van der Waals surface area contributed by atoms with Gasteiger partial charge in [-0.2, -0.15) is 0 Å². The van der Waals surface area contributed by atoms with Crippen molar-refractivity contribution >= 4 is 50.2 Å². The molecule has 1 fully saturated rings. The Kier molecular flexibility index (Phi) is 8.92. The van der Waals surface area contributed by atoms with Gasteiger partial charge in [0.15, 0.2) is 0 Å². The van der Waals surface area contributed by atoms with E-state index in [4.69, 9.17) is 10.2 Å². The van der Waals surface area contributed by atoms with E-state index in [0.29, 0.717) is 66.1 Å². The number of nitrogens with zero attached hydrogens (tertiary/aromatic N) is 3. The van der Waals surface area contributed by atoms with Crippen LogP contribution in [0.4, 0.5) is 11.4 Å². The molecule has 0 radical (unpaired) electrons. The highest BCUT2D eigenvalue weighted by Crippen LogP contribution is 2.36. The molecule has 2 amide bonds. The molecule has 0 spiro atoms. The number of hydrogen-bond donors (Lipinski definition) is 2. The smallest absolute Gasteiger partial charge is 0.372 e. The second-order valence-electron chi connectivity index (χ2n) is 11.5. The Labute approximate surface area is 277 Å². The Morgan fingerprint density at radius 1 is 0.854 bits per heavy atom. The van der Waals surface area contributed by atoms with E-state index in [-0.39, 0.29) is 28.7 Å². The maximum Gasteiger partial charge on any atom is 0.372 e. The summed E-state index contributed by atoms with van der Waals surface area (Å²) in [6, 6.07) is 27.5. The zero-order valence-corrected chi connectivity index (χ0v) is 27.0. The molecule has 1 aliphatic rings. The van der Waals surface area contributed by atoms with Gasteiger partial charge in [0.25, 0.3) is 15.9 Å². The molecule has 6 rings (SSSR count). The van der Waals surface area contributed by atoms with E-state index in [1.54, 1.807) is 36.1 Å². The van der Waals surface area contributed by atoms with Crippen molar-refractivity contribution in [2.45, 2.75) is 18.2 Å². The Balaban J connectivity index is 1.31. The molecule has 11 nitrogen and oxygen atoms in total. The van der Waals surface area contributed by atoms with Crippen LogP contribution in [0.25, 0.3) is 11.0 Å². The van der Waals surface area contributed by atoms with Gasteiger partial charge in [0, 0.05) is 54.8 Å². The lowest BCUT2D eigenvalue weighted by Crippen LogP contribution is -2.49. The molecule has 0 unspecified atom stereocenters. The van der Waals surface area contributed by atoms with Crippen molar-refractivity contribution in [2.75, 3.05) is 41.9 Å². The Bertz CT molecular complexity index is 2100. The molecule has 1 aromatic heterocycles. The topological polar surface area (TPSA) is 154 Å². The monoisotopic (exact) mass is 666 g/mol. The Morgan fingerprint density at radius 3 is 2.17 bits per heavy atom. The van der Waals surface area contributed by atoms with E-state index in [9.17, 15) is 27.9 Å². The van der Waals surface area contributed by atoms with Gasteiger partial charge in [-0.25, -0.2) is 13.2 Å². The average Bonchev–Trinajstić information content (AvgIpc) is 3.44. The van der Waals surface area contributed by atoms with Crippen molar-refractivity contribution in [2.24, 2.45) is 5.73 Å². The number of nitrogens with two attached hydrogens (primary N) is 1. The first-order chi connectivity index (χ1) is 23.0. The van der Waals surface area contributed by atoms with Crippen LogP contribution in [0, 0.1) is 6.92 Å². The number of piperazine rings is 1. The van der Waals surface area contributed by atoms with Gasteiger partial charge < -0.3 is 25.1 Å². The number of carbonyl (C=O) groups excluding carboxylic acids is 2. The summed E-state index contributed by atoms with van der Waals surface area (Å²) < 4.78 is 35.9. The second-order valence-corrected chi connectivity index (χ2v) is 13.4. The van der Waals surface area contributed by atoms with Crippen LogP contribution >= 0.6 is 0 Å². The predicted molar refractivity (Wildman–Crippen MR) is 182 cm³/mol. The highest BCUT2D eigenvalue weighted by molar-refractivity contribution is 7.92. The number of para-hydroxylation sites is 2. The van der Waals surface area contributed by atoms with Crippen molar-refractivity contribution < 1.29 is 32.3 Å². The summed E-state index contributed by atoms with van der Waals surface area (Å²) in [5.41, 5.74) is 8.91. The first-order valence-corrected chi connectivity index (χ1v) is 16.8. The zero-order valence-electron chi connectivity index (χ0n) is 26.2. The van der Waals surface area contributed by atoms with Crippen LogP contribution in [0.15, 0.2) is 106 Å². The number of benzene rings is 4. The van der Waals surface area contributed by atoms with Crippen LogP contribution in [0.3, 0.4) is 0 Å². The number of aryl methyl sites for hydroxylation is 1. The number of sulfonamides is 1. The van der Waals surface area contributed by atoms with Crippen LogP contribution in [-0.4, -0.2) is 68.9 Å². The van der Waals surface area contributed by atoms with Crippen LogP contribution in [0.1, 0.15) is 42.4 Å². The summed E-state index contributed by atoms with van der Waals surface area (Å²) in [6.45, 7) is 3.48. The molecule has 12 heteroatoms. The number of carboxylic acids is 1. The minimum Gasteiger partial charge on any atom is -0.475 e. The molecule has 2 heterocycles. The largest absolute Gasteiger partial charge is 0.475 e.